The minimum atomic E-state index is -0.356. The van der Waals surface area contributed by atoms with Gasteiger partial charge in [-0.25, -0.2) is 24.9 Å². The van der Waals surface area contributed by atoms with Crippen molar-refractivity contribution in [2.45, 2.75) is 38.6 Å². The maximum atomic E-state index is 12.6. The van der Waals surface area contributed by atoms with Crippen LogP contribution in [0.1, 0.15) is 32.1 Å². The van der Waals surface area contributed by atoms with Gasteiger partial charge in [0.1, 0.15) is 5.82 Å². The van der Waals surface area contributed by atoms with Crippen LogP contribution in [0.4, 0.5) is 16.3 Å². The van der Waals surface area contributed by atoms with Gasteiger partial charge < -0.3 is 24.6 Å². The molecule has 0 aliphatic carbocycles. The molecule has 0 spiro atoms. The second-order valence-electron chi connectivity index (χ2n) is 9.88. The largest absolute Gasteiger partial charge is 0.378 e. The Balaban J connectivity index is 1.32. The van der Waals surface area contributed by atoms with E-state index in [1.807, 2.05) is 35.1 Å². The molecule has 2 aliphatic heterocycles. The Morgan fingerprint density at radius 3 is 2.33 bits per heavy atom. The van der Waals surface area contributed by atoms with Crippen LogP contribution >= 0.6 is 0 Å². The Hall–Kier alpha value is -3.81. The van der Waals surface area contributed by atoms with E-state index in [0.717, 1.165) is 61.2 Å². The summed E-state index contributed by atoms with van der Waals surface area (Å²) in [5.74, 6) is 1.08. The van der Waals surface area contributed by atoms with Crippen LogP contribution in [0.15, 0.2) is 30.5 Å². The second kappa shape index (κ2) is 13.5. The van der Waals surface area contributed by atoms with Crippen molar-refractivity contribution in [3.05, 3.63) is 30.5 Å². The molecule has 3 N–H and O–H groups in total. The molecule has 2 aliphatic rings. The lowest BCUT2D eigenvalue weighted by Crippen LogP contribution is -2.43. The van der Waals surface area contributed by atoms with Crippen molar-refractivity contribution in [3.63, 3.8) is 0 Å². The number of ether oxygens (including phenoxy) is 2. The summed E-state index contributed by atoms with van der Waals surface area (Å²) in [5.41, 5.74) is 3.99. The second-order valence-corrected chi connectivity index (χ2v) is 9.88. The minimum Gasteiger partial charge on any atom is -0.378 e. The average molecular weight is 553 g/mol. The van der Waals surface area contributed by atoms with Crippen LogP contribution in [0.5, 0.6) is 0 Å². The van der Waals surface area contributed by atoms with E-state index in [2.05, 4.69) is 15.3 Å². The fraction of sp³-hybridized carbons (Fsp3) is 0.519. The first-order valence-corrected chi connectivity index (χ1v) is 13.9. The normalized spacial score (nSPS) is 15.8. The Morgan fingerprint density at radius 2 is 1.60 bits per heavy atom. The molecule has 0 atom stereocenters. The Kier molecular flexibility index (Phi) is 9.37. The van der Waals surface area contributed by atoms with E-state index in [9.17, 15) is 9.59 Å². The lowest BCUT2D eigenvalue weighted by Gasteiger charge is -2.28. The van der Waals surface area contributed by atoms with Crippen LogP contribution in [0, 0.1) is 0 Å². The molecule has 3 amide bonds. The number of fused-ring (bicyclic) bond motifs is 1. The van der Waals surface area contributed by atoms with Crippen LogP contribution in [0.2, 0.25) is 0 Å². The molecule has 0 saturated carbocycles. The fourth-order valence-electron chi connectivity index (χ4n) is 4.88. The standard InChI is InChI=1S/C27H36N8O5/c36-23(32-38)5-3-1-2-4-10-35-26-22(19-28-35)25(33-11-15-39-16-12-33)30-24(31-26)20-6-8-21(9-7-20)29-27(37)34-13-17-40-18-14-34/h6-9,19,38H,1-5,10-18H2,(H,29,37)(H,32,36). The van der Waals surface area contributed by atoms with Crippen molar-refractivity contribution in [2.75, 3.05) is 62.8 Å². The van der Waals surface area contributed by atoms with Gasteiger partial charge in [0.25, 0.3) is 0 Å². The highest BCUT2D eigenvalue weighted by atomic mass is 16.5. The Morgan fingerprint density at radius 1 is 0.900 bits per heavy atom. The predicted molar refractivity (Wildman–Crippen MR) is 148 cm³/mol. The quantitative estimate of drug-likeness (QED) is 0.196. The number of anilines is 2. The van der Waals surface area contributed by atoms with Gasteiger partial charge in [0.2, 0.25) is 5.91 Å². The molecule has 214 valence electrons. The Labute approximate surface area is 232 Å². The fourth-order valence-corrected chi connectivity index (χ4v) is 4.88. The summed E-state index contributed by atoms with van der Waals surface area (Å²) in [6.45, 7) is 5.72. The maximum Gasteiger partial charge on any atom is 0.321 e. The van der Waals surface area contributed by atoms with Crippen LogP contribution < -0.4 is 15.7 Å². The number of nitrogens with one attached hydrogen (secondary N) is 2. The number of aryl methyl sites for hydroxylation is 1. The summed E-state index contributed by atoms with van der Waals surface area (Å²) in [7, 11) is 0. The zero-order chi connectivity index (χ0) is 27.7. The predicted octanol–water partition coefficient (Wildman–Crippen LogP) is 2.65. The number of benzene rings is 1. The summed E-state index contributed by atoms with van der Waals surface area (Å²) in [6, 6.07) is 7.43. The first kappa shape index (κ1) is 27.7. The van der Waals surface area contributed by atoms with Gasteiger partial charge in [-0.2, -0.15) is 5.10 Å². The summed E-state index contributed by atoms with van der Waals surface area (Å²) in [5, 5.41) is 17.1. The number of amides is 3. The molecule has 13 nitrogen and oxygen atoms in total. The van der Waals surface area contributed by atoms with E-state index in [4.69, 9.17) is 24.6 Å². The lowest BCUT2D eigenvalue weighted by atomic mass is 10.1. The highest BCUT2D eigenvalue weighted by Gasteiger charge is 2.21. The molecule has 40 heavy (non-hydrogen) atoms. The van der Waals surface area contributed by atoms with Gasteiger partial charge in [0.05, 0.1) is 38.0 Å². The van der Waals surface area contributed by atoms with Gasteiger partial charge in [0, 0.05) is 50.4 Å². The molecule has 4 heterocycles. The van der Waals surface area contributed by atoms with Crippen LogP contribution in [0.25, 0.3) is 22.4 Å². The van der Waals surface area contributed by atoms with Crippen molar-refractivity contribution in [2.24, 2.45) is 0 Å². The number of hydroxylamine groups is 1. The third-order valence-corrected chi connectivity index (χ3v) is 7.13. The van der Waals surface area contributed by atoms with Crippen LogP contribution in [-0.2, 0) is 20.8 Å². The molecule has 2 saturated heterocycles. The number of unbranched alkanes of at least 4 members (excludes halogenated alkanes) is 3. The molecule has 0 unspecified atom stereocenters. The van der Waals surface area contributed by atoms with Crippen molar-refractivity contribution >= 4 is 34.5 Å². The topological polar surface area (TPSA) is 147 Å². The van der Waals surface area contributed by atoms with E-state index >= 15 is 0 Å². The summed E-state index contributed by atoms with van der Waals surface area (Å²) < 4.78 is 12.8. The van der Waals surface area contributed by atoms with Crippen LogP contribution in [-0.4, -0.2) is 94.4 Å². The molecule has 0 radical (unpaired) electrons. The number of carbonyl (C=O) groups is 2. The van der Waals surface area contributed by atoms with Crippen LogP contribution in [0.3, 0.4) is 0 Å². The molecule has 3 aromatic rings. The first-order valence-electron chi connectivity index (χ1n) is 13.9. The molecular weight excluding hydrogens is 516 g/mol. The molecule has 0 bridgehead atoms. The highest BCUT2D eigenvalue weighted by molar-refractivity contribution is 5.90. The molecule has 2 aromatic heterocycles. The first-order chi connectivity index (χ1) is 19.6. The van der Waals surface area contributed by atoms with Gasteiger partial charge in [-0.05, 0) is 37.1 Å². The third-order valence-electron chi connectivity index (χ3n) is 7.13. The van der Waals surface area contributed by atoms with Crippen molar-refractivity contribution in [3.8, 4) is 11.4 Å². The number of nitrogens with zero attached hydrogens (tertiary/aromatic N) is 6. The maximum absolute atomic E-state index is 12.6. The molecule has 5 rings (SSSR count). The summed E-state index contributed by atoms with van der Waals surface area (Å²) in [6.07, 6.45) is 5.59. The van der Waals surface area contributed by atoms with Gasteiger partial charge in [-0.15, -0.1) is 0 Å². The Bertz CT molecular complexity index is 1290. The van der Waals surface area contributed by atoms with Crippen molar-refractivity contribution < 1.29 is 24.3 Å². The van der Waals surface area contributed by atoms with Crippen molar-refractivity contribution in [1.82, 2.24) is 30.1 Å². The number of hydrogen-bond donors (Lipinski definition) is 3. The molecule has 2 fully saturated rings. The number of carbonyl (C=O) groups excluding carboxylic acids is 2. The van der Waals surface area contributed by atoms with Gasteiger partial charge >= 0.3 is 6.03 Å². The van der Waals surface area contributed by atoms with Gasteiger partial charge in [-0.1, -0.05) is 12.8 Å². The summed E-state index contributed by atoms with van der Waals surface area (Å²) >= 11 is 0. The summed E-state index contributed by atoms with van der Waals surface area (Å²) in [4.78, 5) is 37.6. The number of aromatic nitrogens is 4. The van der Waals surface area contributed by atoms with E-state index in [1.165, 1.54) is 0 Å². The number of urea groups is 1. The minimum absolute atomic E-state index is 0.135. The third kappa shape index (κ3) is 6.84. The monoisotopic (exact) mass is 552 g/mol. The van der Waals surface area contributed by atoms with E-state index in [-0.39, 0.29) is 11.9 Å². The lowest BCUT2D eigenvalue weighted by molar-refractivity contribution is -0.129. The zero-order valence-corrected chi connectivity index (χ0v) is 22.5. The average Bonchev–Trinajstić information content (AvgIpc) is 3.42. The van der Waals surface area contributed by atoms with Gasteiger partial charge in [0.15, 0.2) is 11.5 Å². The SMILES string of the molecule is O=C(CCCCCCn1ncc2c(N3CCOCC3)nc(-c3ccc(NC(=O)N4CCOCC4)cc3)nc21)NO. The highest BCUT2D eigenvalue weighted by Crippen LogP contribution is 2.29. The number of morpholine rings is 2. The number of hydrogen-bond acceptors (Lipinski definition) is 9. The van der Waals surface area contributed by atoms with Crippen molar-refractivity contribution in [1.29, 1.82) is 0 Å². The zero-order valence-electron chi connectivity index (χ0n) is 22.5. The molecule has 13 heteroatoms. The smallest absolute Gasteiger partial charge is 0.321 e. The van der Waals surface area contributed by atoms with E-state index < -0.39 is 0 Å². The van der Waals surface area contributed by atoms with E-state index in [0.29, 0.717) is 64.0 Å². The van der Waals surface area contributed by atoms with Gasteiger partial charge in [-0.3, -0.25) is 10.0 Å². The molecule has 1 aromatic carbocycles. The number of rotatable bonds is 10. The van der Waals surface area contributed by atoms with E-state index in [1.54, 1.807) is 10.4 Å². The molecular formula is C27H36N8O5.